The van der Waals surface area contributed by atoms with Crippen LogP contribution in [-0.4, -0.2) is 22.8 Å². The van der Waals surface area contributed by atoms with Gasteiger partial charge in [-0.25, -0.2) is 0 Å². The van der Waals surface area contributed by atoms with Crippen LogP contribution in [0.25, 0.3) is 22.2 Å². The molecular weight excluding hydrogens is 356 g/mol. The minimum Gasteiger partial charge on any atom is -0.497 e. The van der Waals surface area contributed by atoms with Gasteiger partial charge in [0, 0.05) is 35.8 Å². The first kappa shape index (κ1) is 17.9. The fourth-order valence-electron chi connectivity index (χ4n) is 3.22. The molecule has 0 spiro atoms. The lowest BCUT2D eigenvalue weighted by Gasteiger charge is -2.02. The standard InChI is InChI=1S/C22H20N2O4/c1-24-13-16(19-8-3-4-9-20(19)24)11-22(25)27-14-17-12-21(28-23-17)15-6-5-7-18(10-15)26-2/h3-10,12-13H,11,14H2,1-2H3. The second kappa shape index (κ2) is 7.60. The SMILES string of the molecule is COc1cccc(-c2cc(COC(=O)Cc3cn(C)c4ccccc34)no2)c1. The van der Waals surface area contributed by atoms with E-state index in [1.165, 1.54) is 0 Å². The molecule has 2 aromatic carbocycles. The van der Waals surface area contributed by atoms with Crippen molar-refractivity contribution in [3.05, 3.63) is 72.1 Å². The fourth-order valence-corrected chi connectivity index (χ4v) is 3.22. The number of aryl methyl sites for hydroxylation is 1. The van der Waals surface area contributed by atoms with Crippen LogP contribution in [0.15, 0.2) is 65.3 Å². The van der Waals surface area contributed by atoms with Crippen LogP contribution in [0.1, 0.15) is 11.3 Å². The van der Waals surface area contributed by atoms with Crippen molar-refractivity contribution in [1.29, 1.82) is 0 Å². The number of rotatable bonds is 6. The van der Waals surface area contributed by atoms with Crippen molar-refractivity contribution in [2.45, 2.75) is 13.0 Å². The van der Waals surface area contributed by atoms with E-state index in [1.54, 1.807) is 13.2 Å². The Morgan fingerprint density at radius 1 is 1.14 bits per heavy atom. The summed E-state index contributed by atoms with van der Waals surface area (Å²) in [7, 11) is 3.58. The zero-order valence-corrected chi connectivity index (χ0v) is 15.7. The van der Waals surface area contributed by atoms with Gasteiger partial charge in [0.25, 0.3) is 0 Å². The van der Waals surface area contributed by atoms with Gasteiger partial charge in [-0.3, -0.25) is 4.79 Å². The molecule has 0 radical (unpaired) electrons. The number of nitrogens with zero attached hydrogens (tertiary/aromatic N) is 2. The molecule has 6 nitrogen and oxygen atoms in total. The Labute approximate surface area is 162 Å². The van der Waals surface area contributed by atoms with Gasteiger partial charge in [-0.05, 0) is 23.8 Å². The lowest BCUT2D eigenvalue weighted by Crippen LogP contribution is -2.07. The molecular formula is C22H20N2O4. The zero-order chi connectivity index (χ0) is 19.5. The molecule has 0 N–H and O–H groups in total. The molecule has 0 aliphatic carbocycles. The van der Waals surface area contributed by atoms with Gasteiger partial charge in [0.2, 0.25) is 0 Å². The third kappa shape index (κ3) is 3.62. The Balaban J connectivity index is 1.40. The lowest BCUT2D eigenvalue weighted by molar-refractivity contribution is -0.144. The summed E-state index contributed by atoms with van der Waals surface area (Å²) >= 11 is 0. The molecule has 0 saturated carbocycles. The Kier molecular flexibility index (Phi) is 4.85. The Bertz CT molecular complexity index is 1130. The van der Waals surface area contributed by atoms with Crippen LogP contribution in [0.3, 0.4) is 0 Å². The Morgan fingerprint density at radius 2 is 2.00 bits per heavy atom. The molecule has 28 heavy (non-hydrogen) atoms. The number of methoxy groups -OCH3 is 1. The molecule has 0 unspecified atom stereocenters. The number of ether oxygens (including phenoxy) is 2. The van der Waals surface area contributed by atoms with Gasteiger partial charge in [0.05, 0.1) is 13.5 Å². The van der Waals surface area contributed by atoms with E-state index >= 15 is 0 Å². The molecule has 2 heterocycles. The van der Waals surface area contributed by atoms with Gasteiger partial charge in [-0.15, -0.1) is 0 Å². The van der Waals surface area contributed by atoms with Crippen LogP contribution in [0, 0.1) is 0 Å². The van der Waals surface area contributed by atoms with Crippen molar-refractivity contribution in [1.82, 2.24) is 9.72 Å². The Hall–Kier alpha value is -3.54. The number of hydrogen-bond acceptors (Lipinski definition) is 5. The van der Waals surface area contributed by atoms with E-state index in [0.717, 1.165) is 27.8 Å². The molecule has 0 fully saturated rings. The molecule has 0 bridgehead atoms. The van der Waals surface area contributed by atoms with Crippen molar-refractivity contribution >= 4 is 16.9 Å². The summed E-state index contributed by atoms with van der Waals surface area (Å²) in [6, 6.07) is 17.2. The normalized spacial score (nSPS) is 10.9. The number of benzene rings is 2. The summed E-state index contributed by atoms with van der Waals surface area (Å²) in [5.74, 6) is 1.03. The van der Waals surface area contributed by atoms with Crippen LogP contribution in [0.4, 0.5) is 0 Å². The maximum Gasteiger partial charge on any atom is 0.310 e. The number of esters is 1. The fraction of sp³-hybridized carbons (Fsp3) is 0.182. The number of fused-ring (bicyclic) bond motifs is 1. The van der Waals surface area contributed by atoms with Crippen molar-refractivity contribution in [2.24, 2.45) is 7.05 Å². The van der Waals surface area contributed by atoms with Crippen molar-refractivity contribution in [3.8, 4) is 17.1 Å². The first-order chi connectivity index (χ1) is 13.6. The van der Waals surface area contributed by atoms with Crippen LogP contribution in [0.2, 0.25) is 0 Å². The summed E-state index contributed by atoms with van der Waals surface area (Å²) < 4.78 is 18.0. The molecule has 2 aromatic heterocycles. The number of para-hydroxylation sites is 1. The van der Waals surface area contributed by atoms with Crippen LogP contribution in [-0.2, 0) is 29.6 Å². The highest BCUT2D eigenvalue weighted by molar-refractivity contribution is 5.87. The van der Waals surface area contributed by atoms with Gasteiger partial charge >= 0.3 is 5.97 Å². The average Bonchev–Trinajstić information content (AvgIpc) is 3.32. The average molecular weight is 376 g/mol. The topological polar surface area (TPSA) is 66.5 Å². The largest absolute Gasteiger partial charge is 0.497 e. The predicted molar refractivity (Wildman–Crippen MR) is 105 cm³/mol. The molecule has 4 rings (SSSR count). The zero-order valence-electron chi connectivity index (χ0n) is 15.7. The molecule has 0 atom stereocenters. The van der Waals surface area contributed by atoms with Crippen LogP contribution in [0.5, 0.6) is 5.75 Å². The molecule has 4 aromatic rings. The minimum atomic E-state index is -0.303. The van der Waals surface area contributed by atoms with E-state index in [-0.39, 0.29) is 19.0 Å². The summed E-state index contributed by atoms with van der Waals surface area (Å²) in [6.07, 6.45) is 2.17. The highest BCUT2D eigenvalue weighted by Gasteiger charge is 2.13. The van der Waals surface area contributed by atoms with E-state index in [2.05, 4.69) is 5.16 Å². The number of hydrogen-bond donors (Lipinski definition) is 0. The predicted octanol–water partition coefficient (Wildman–Crippen LogP) is 4.13. The highest BCUT2D eigenvalue weighted by atomic mass is 16.5. The van der Waals surface area contributed by atoms with E-state index in [1.807, 2.05) is 66.3 Å². The van der Waals surface area contributed by atoms with Gasteiger partial charge in [0.1, 0.15) is 18.1 Å². The van der Waals surface area contributed by atoms with E-state index < -0.39 is 0 Å². The van der Waals surface area contributed by atoms with Crippen LogP contribution < -0.4 is 4.74 Å². The molecule has 0 saturated heterocycles. The number of carbonyl (C=O) groups is 1. The van der Waals surface area contributed by atoms with E-state index in [9.17, 15) is 4.79 Å². The van der Waals surface area contributed by atoms with E-state index in [0.29, 0.717) is 11.5 Å². The smallest absolute Gasteiger partial charge is 0.310 e. The van der Waals surface area contributed by atoms with Gasteiger partial charge in [-0.2, -0.15) is 0 Å². The molecule has 0 aliphatic rings. The van der Waals surface area contributed by atoms with Crippen molar-refractivity contribution in [3.63, 3.8) is 0 Å². The third-order valence-corrected chi connectivity index (χ3v) is 4.61. The molecule has 142 valence electrons. The summed E-state index contributed by atoms with van der Waals surface area (Å²) in [5.41, 5.74) is 3.44. The molecule has 6 heteroatoms. The Morgan fingerprint density at radius 3 is 2.86 bits per heavy atom. The van der Waals surface area contributed by atoms with Crippen molar-refractivity contribution < 1.29 is 18.8 Å². The number of carbonyl (C=O) groups excluding carboxylic acids is 1. The second-order valence-corrected chi connectivity index (χ2v) is 6.53. The lowest BCUT2D eigenvalue weighted by atomic mass is 10.1. The monoisotopic (exact) mass is 376 g/mol. The maximum absolute atomic E-state index is 12.3. The molecule has 0 aliphatic heterocycles. The summed E-state index contributed by atoms with van der Waals surface area (Å²) in [4.78, 5) is 12.3. The summed E-state index contributed by atoms with van der Waals surface area (Å²) in [5, 5.41) is 5.04. The minimum absolute atomic E-state index is 0.0665. The first-order valence-corrected chi connectivity index (χ1v) is 8.92. The third-order valence-electron chi connectivity index (χ3n) is 4.61. The first-order valence-electron chi connectivity index (χ1n) is 8.92. The highest BCUT2D eigenvalue weighted by Crippen LogP contribution is 2.25. The molecule has 0 amide bonds. The van der Waals surface area contributed by atoms with Crippen molar-refractivity contribution in [2.75, 3.05) is 7.11 Å². The van der Waals surface area contributed by atoms with Crippen LogP contribution >= 0.6 is 0 Å². The number of aromatic nitrogens is 2. The summed E-state index contributed by atoms with van der Waals surface area (Å²) in [6.45, 7) is 0.0665. The second-order valence-electron chi connectivity index (χ2n) is 6.53. The van der Waals surface area contributed by atoms with Gasteiger partial charge in [-0.1, -0.05) is 35.5 Å². The van der Waals surface area contributed by atoms with E-state index in [4.69, 9.17) is 14.0 Å². The maximum atomic E-state index is 12.3. The quantitative estimate of drug-likeness (QED) is 0.474. The van der Waals surface area contributed by atoms with Gasteiger partial charge in [0.15, 0.2) is 5.76 Å². The van der Waals surface area contributed by atoms with Gasteiger partial charge < -0.3 is 18.6 Å².